The maximum Gasteiger partial charge on any atom is 0.160 e. The van der Waals surface area contributed by atoms with Crippen molar-refractivity contribution >= 4 is 34.2 Å². The molecule has 2 aromatic carbocycles. The quantitative estimate of drug-likeness (QED) is 0.653. The van der Waals surface area contributed by atoms with Gasteiger partial charge in [0.15, 0.2) is 5.17 Å². The van der Waals surface area contributed by atoms with Gasteiger partial charge in [0.25, 0.3) is 0 Å². The lowest BCUT2D eigenvalue weighted by Crippen LogP contribution is -2.08. The number of nitrogens with one attached hydrogen (secondary N) is 1. The molecule has 0 spiro atoms. The zero-order valence-electron chi connectivity index (χ0n) is 11.3. The fourth-order valence-corrected chi connectivity index (χ4v) is 2.31. The van der Waals surface area contributed by atoms with E-state index in [-0.39, 0.29) is 0 Å². The largest absolute Gasteiger partial charge is 0.335 e. The van der Waals surface area contributed by atoms with Gasteiger partial charge in [-0.1, -0.05) is 53.7 Å². The summed E-state index contributed by atoms with van der Waals surface area (Å²) in [6.45, 7) is 0.779. The van der Waals surface area contributed by atoms with Crippen molar-refractivity contribution in [3.8, 4) is 0 Å². The van der Waals surface area contributed by atoms with Gasteiger partial charge in [-0.3, -0.25) is 4.99 Å². The first-order valence-electron chi connectivity index (χ1n) is 6.43. The van der Waals surface area contributed by atoms with Crippen LogP contribution in [0.1, 0.15) is 5.56 Å². The number of thioether (sulfide) groups is 1. The fraction of sp³-hybridized carbons (Fsp3) is 0.188. The third kappa shape index (κ3) is 4.91. The Hall–Kier alpha value is -1.45. The lowest BCUT2D eigenvalue weighted by atomic mass is 10.2. The number of anilines is 1. The Balaban J connectivity index is 1.90. The van der Waals surface area contributed by atoms with Crippen LogP contribution in [0.4, 0.5) is 5.69 Å². The molecule has 2 nitrogen and oxygen atoms in total. The number of aliphatic imine (C=N–C) groups is 1. The van der Waals surface area contributed by atoms with E-state index in [1.807, 2.05) is 36.6 Å². The van der Waals surface area contributed by atoms with Crippen LogP contribution in [-0.2, 0) is 6.42 Å². The first-order valence-corrected chi connectivity index (χ1v) is 8.03. The molecule has 2 aromatic rings. The van der Waals surface area contributed by atoms with Gasteiger partial charge >= 0.3 is 0 Å². The molecule has 0 aliphatic carbocycles. The minimum atomic E-state index is 0.738. The van der Waals surface area contributed by atoms with Crippen molar-refractivity contribution in [2.24, 2.45) is 4.99 Å². The molecule has 0 fully saturated rings. The van der Waals surface area contributed by atoms with E-state index in [1.165, 1.54) is 5.56 Å². The lowest BCUT2D eigenvalue weighted by Gasteiger charge is -2.07. The summed E-state index contributed by atoms with van der Waals surface area (Å²) in [6.07, 6.45) is 2.97. The number of amidine groups is 1. The second-order valence-electron chi connectivity index (χ2n) is 4.26. The Morgan fingerprint density at radius 2 is 1.80 bits per heavy atom. The number of nitrogens with zero attached hydrogens (tertiary/aromatic N) is 1. The van der Waals surface area contributed by atoms with Gasteiger partial charge in [0.05, 0.1) is 0 Å². The van der Waals surface area contributed by atoms with Crippen LogP contribution in [0.25, 0.3) is 0 Å². The van der Waals surface area contributed by atoms with Gasteiger partial charge in [0.2, 0.25) is 0 Å². The Bertz CT molecular complexity index is 552. The molecule has 0 saturated carbocycles. The second-order valence-corrected chi connectivity index (χ2v) is 5.49. The van der Waals surface area contributed by atoms with E-state index in [9.17, 15) is 0 Å². The van der Waals surface area contributed by atoms with Crippen molar-refractivity contribution in [1.82, 2.24) is 0 Å². The van der Waals surface area contributed by atoms with Crippen LogP contribution in [0.2, 0.25) is 5.02 Å². The van der Waals surface area contributed by atoms with E-state index >= 15 is 0 Å². The molecular weight excluding hydrogens is 288 g/mol. The molecule has 0 aliphatic heterocycles. The van der Waals surface area contributed by atoms with Gasteiger partial charge in [-0.25, -0.2) is 0 Å². The van der Waals surface area contributed by atoms with E-state index in [0.717, 1.165) is 28.8 Å². The number of hydrogen-bond acceptors (Lipinski definition) is 2. The molecule has 0 radical (unpaired) electrons. The summed E-state index contributed by atoms with van der Waals surface area (Å²) in [5.41, 5.74) is 2.31. The van der Waals surface area contributed by atoms with Crippen molar-refractivity contribution in [2.75, 3.05) is 18.1 Å². The highest BCUT2D eigenvalue weighted by Gasteiger charge is 1.99. The maximum absolute atomic E-state index is 5.87. The molecule has 104 valence electrons. The minimum absolute atomic E-state index is 0.738. The zero-order valence-corrected chi connectivity index (χ0v) is 12.9. The van der Waals surface area contributed by atoms with Gasteiger partial charge in [0.1, 0.15) is 0 Å². The van der Waals surface area contributed by atoms with E-state index in [0.29, 0.717) is 0 Å². The topological polar surface area (TPSA) is 24.4 Å². The van der Waals surface area contributed by atoms with Crippen molar-refractivity contribution < 1.29 is 0 Å². The Morgan fingerprint density at radius 1 is 1.10 bits per heavy atom. The summed E-state index contributed by atoms with van der Waals surface area (Å²) in [5, 5.41) is 4.95. The standard InChI is InChI=1S/C16H17ClN2S/c1-20-16(19-15-9-7-14(17)8-10-15)18-12-11-13-5-3-2-4-6-13/h2-10H,11-12H2,1H3,(H,18,19). The molecule has 0 aliphatic rings. The molecule has 0 aromatic heterocycles. The summed E-state index contributed by atoms with van der Waals surface area (Å²) < 4.78 is 0. The highest BCUT2D eigenvalue weighted by Crippen LogP contribution is 2.15. The molecule has 20 heavy (non-hydrogen) atoms. The average Bonchev–Trinajstić information content (AvgIpc) is 2.49. The van der Waals surface area contributed by atoms with Crippen LogP contribution in [0.3, 0.4) is 0 Å². The molecule has 0 saturated heterocycles. The highest BCUT2D eigenvalue weighted by atomic mass is 35.5. The summed E-state index contributed by atoms with van der Waals surface area (Å²) in [7, 11) is 0. The van der Waals surface area contributed by atoms with Crippen LogP contribution in [0, 0.1) is 0 Å². The Labute approximate surface area is 129 Å². The third-order valence-corrected chi connectivity index (χ3v) is 3.66. The van der Waals surface area contributed by atoms with Gasteiger partial charge in [-0.2, -0.15) is 0 Å². The van der Waals surface area contributed by atoms with Gasteiger partial charge in [-0.05, 0) is 42.5 Å². The SMILES string of the molecule is CSC(=NCCc1ccccc1)Nc1ccc(Cl)cc1. The predicted molar refractivity (Wildman–Crippen MR) is 91.0 cm³/mol. The highest BCUT2D eigenvalue weighted by molar-refractivity contribution is 8.13. The van der Waals surface area contributed by atoms with Crippen LogP contribution in [0.15, 0.2) is 59.6 Å². The first kappa shape index (κ1) is 14.9. The molecule has 0 bridgehead atoms. The van der Waals surface area contributed by atoms with E-state index in [2.05, 4.69) is 34.6 Å². The van der Waals surface area contributed by atoms with E-state index in [1.54, 1.807) is 11.8 Å². The molecule has 0 atom stereocenters. The Morgan fingerprint density at radius 3 is 2.45 bits per heavy atom. The molecule has 1 N–H and O–H groups in total. The van der Waals surface area contributed by atoms with Gasteiger partial charge in [0, 0.05) is 17.3 Å². The summed E-state index contributed by atoms with van der Waals surface area (Å²) in [4.78, 5) is 4.59. The summed E-state index contributed by atoms with van der Waals surface area (Å²) in [5.74, 6) is 0. The first-order chi connectivity index (χ1) is 9.78. The average molecular weight is 305 g/mol. The monoisotopic (exact) mass is 304 g/mol. The number of benzene rings is 2. The Kier molecular flexibility index (Phi) is 5.96. The second kappa shape index (κ2) is 7.98. The zero-order chi connectivity index (χ0) is 14.2. The smallest absolute Gasteiger partial charge is 0.160 e. The molecule has 0 heterocycles. The predicted octanol–water partition coefficient (Wildman–Crippen LogP) is 4.71. The van der Waals surface area contributed by atoms with Crippen molar-refractivity contribution in [1.29, 1.82) is 0 Å². The molecule has 2 rings (SSSR count). The summed E-state index contributed by atoms with van der Waals surface area (Å²) >= 11 is 7.48. The molecular formula is C16H17ClN2S. The van der Waals surface area contributed by atoms with Gasteiger partial charge in [-0.15, -0.1) is 0 Å². The fourth-order valence-electron chi connectivity index (χ4n) is 1.74. The minimum Gasteiger partial charge on any atom is -0.335 e. The van der Waals surface area contributed by atoms with Crippen LogP contribution in [0.5, 0.6) is 0 Å². The van der Waals surface area contributed by atoms with E-state index < -0.39 is 0 Å². The molecule has 0 amide bonds. The normalized spacial score (nSPS) is 11.4. The third-order valence-electron chi connectivity index (χ3n) is 2.79. The van der Waals surface area contributed by atoms with Crippen LogP contribution >= 0.6 is 23.4 Å². The molecule has 0 unspecified atom stereocenters. The van der Waals surface area contributed by atoms with Crippen molar-refractivity contribution in [2.45, 2.75) is 6.42 Å². The number of rotatable bonds is 4. The molecule has 4 heteroatoms. The maximum atomic E-state index is 5.87. The van der Waals surface area contributed by atoms with E-state index in [4.69, 9.17) is 11.6 Å². The summed E-state index contributed by atoms with van der Waals surface area (Å²) in [6, 6.07) is 18.0. The van der Waals surface area contributed by atoms with Crippen molar-refractivity contribution in [3.63, 3.8) is 0 Å². The van der Waals surface area contributed by atoms with Crippen LogP contribution in [-0.4, -0.2) is 18.0 Å². The van der Waals surface area contributed by atoms with Crippen LogP contribution < -0.4 is 5.32 Å². The van der Waals surface area contributed by atoms with Gasteiger partial charge < -0.3 is 5.32 Å². The number of halogens is 1. The lowest BCUT2D eigenvalue weighted by molar-refractivity contribution is 0.971. The van der Waals surface area contributed by atoms with Crippen molar-refractivity contribution in [3.05, 3.63) is 65.2 Å². The number of hydrogen-bond donors (Lipinski definition) is 1.